The number of aromatic nitrogens is 5. The van der Waals surface area contributed by atoms with Crippen LogP contribution in [0.25, 0.3) is 39.6 Å². The molecule has 7 heteroatoms. The first-order valence-corrected chi connectivity index (χ1v) is 11.4. The number of benzene rings is 1. The van der Waals surface area contributed by atoms with Crippen molar-refractivity contribution in [2.75, 3.05) is 5.73 Å². The second kappa shape index (κ2) is 10.2. The zero-order valence-electron chi connectivity index (χ0n) is 19.6. The minimum absolute atomic E-state index is 0.0187. The Morgan fingerprint density at radius 2 is 1.59 bits per heavy atom. The van der Waals surface area contributed by atoms with Gasteiger partial charge in [-0.25, -0.2) is 15.0 Å². The van der Waals surface area contributed by atoms with Crippen LogP contribution in [0.4, 0.5) is 5.82 Å². The van der Waals surface area contributed by atoms with Gasteiger partial charge < -0.3 is 10.8 Å². The van der Waals surface area contributed by atoms with Gasteiger partial charge in [0.25, 0.3) is 0 Å². The summed E-state index contributed by atoms with van der Waals surface area (Å²) >= 11 is 0. The minimum atomic E-state index is -0.0187. The third kappa shape index (κ3) is 4.38. The molecule has 0 amide bonds. The molecular formula is C27H28N6O. The largest absolute Gasteiger partial charge is 0.392 e. The molecule has 0 saturated heterocycles. The van der Waals surface area contributed by atoms with Crippen molar-refractivity contribution < 1.29 is 5.11 Å². The monoisotopic (exact) mass is 452 g/mol. The summed E-state index contributed by atoms with van der Waals surface area (Å²) in [7, 11) is 0. The molecule has 0 aliphatic heterocycles. The predicted molar refractivity (Wildman–Crippen MR) is 136 cm³/mol. The van der Waals surface area contributed by atoms with Crippen LogP contribution in [0, 0.1) is 0 Å². The number of nitrogen functional groups attached to an aromatic ring is 1. The number of anilines is 1. The highest BCUT2D eigenvalue weighted by Crippen LogP contribution is 2.31. The van der Waals surface area contributed by atoms with Crippen LogP contribution in [-0.2, 0) is 13.0 Å². The van der Waals surface area contributed by atoms with E-state index in [1.54, 1.807) is 6.20 Å². The molecule has 0 radical (unpaired) electrons. The highest BCUT2D eigenvalue weighted by atomic mass is 16.3. The molecule has 5 rings (SSSR count). The summed E-state index contributed by atoms with van der Waals surface area (Å²) in [5.41, 5.74) is 12.8. The van der Waals surface area contributed by atoms with Crippen LogP contribution < -0.4 is 5.73 Å². The lowest BCUT2D eigenvalue weighted by atomic mass is 10.2. The Labute approximate surface area is 199 Å². The molecule has 0 saturated carbocycles. The number of nitrogens with two attached hydrogens (primary N) is 1. The molecule has 4 aromatic heterocycles. The summed E-state index contributed by atoms with van der Waals surface area (Å²) in [6.45, 7) is 6.09. The van der Waals surface area contributed by atoms with Crippen LogP contribution in [-0.4, -0.2) is 29.6 Å². The van der Waals surface area contributed by atoms with E-state index in [9.17, 15) is 5.11 Å². The van der Waals surface area contributed by atoms with Crippen LogP contribution in [0.15, 0.2) is 73.1 Å². The summed E-state index contributed by atoms with van der Waals surface area (Å²) in [4.78, 5) is 18.6. The molecule has 7 nitrogen and oxygen atoms in total. The van der Waals surface area contributed by atoms with Crippen LogP contribution in [0.3, 0.4) is 0 Å². The SMILES string of the molecule is CC.CCc1ccc(-c2ccc3nc(-c4cccnc4N)n(-c4ccc(CO)cc4)c3n2)nc1. The number of hydrogen-bond acceptors (Lipinski definition) is 6. The van der Waals surface area contributed by atoms with Gasteiger partial charge in [-0.15, -0.1) is 0 Å². The molecule has 0 bridgehead atoms. The molecular weight excluding hydrogens is 424 g/mol. The maximum atomic E-state index is 9.44. The Bertz CT molecular complexity index is 1390. The van der Waals surface area contributed by atoms with E-state index < -0.39 is 0 Å². The Hall–Kier alpha value is -4.10. The number of hydrogen-bond donors (Lipinski definition) is 2. The normalized spacial score (nSPS) is 10.7. The van der Waals surface area contributed by atoms with E-state index in [1.165, 1.54) is 5.56 Å². The van der Waals surface area contributed by atoms with Gasteiger partial charge in [0.2, 0.25) is 0 Å². The van der Waals surface area contributed by atoms with Gasteiger partial charge in [-0.05, 0) is 60.0 Å². The van der Waals surface area contributed by atoms with Crippen LogP contribution in [0.1, 0.15) is 31.9 Å². The molecule has 0 spiro atoms. The fraction of sp³-hybridized carbons (Fsp3) is 0.185. The summed E-state index contributed by atoms with van der Waals surface area (Å²) in [5, 5.41) is 9.44. The van der Waals surface area contributed by atoms with E-state index in [1.807, 2.05) is 79.2 Å². The number of rotatable bonds is 5. The van der Waals surface area contributed by atoms with Crippen molar-refractivity contribution in [2.24, 2.45) is 0 Å². The van der Waals surface area contributed by atoms with Crippen molar-refractivity contribution in [2.45, 2.75) is 33.8 Å². The second-order valence-electron chi connectivity index (χ2n) is 7.48. The van der Waals surface area contributed by atoms with E-state index in [4.69, 9.17) is 15.7 Å². The highest BCUT2D eigenvalue weighted by molar-refractivity contribution is 5.84. The number of aryl methyl sites for hydroxylation is 1. The minimum Gasteiger partial charge on any atom is -0.392 e. The van der Waals surface area contributed by atoms with Crippen LogP contribution in [0.2, 0.25) is 0 Å². The molecule has 34 heavy (non-hydrogen) atoms. The summed E-state index contributed by atoms with van der Waals surface area (Å²) in [6, 6.07) is 19.3. The van der Waals surface area contributed by atoms with E-state index in [2.05, 4.69) is 23.0 Å². The standard InChI is InChI=1S/C25H22N6O.C2H6/c1-2-16-7-10-20(28-14-16)21-11-12-22-25(29-21)31(18-8-5-17(15-32)6-9-18)24(30-22)19-4-3-13-27-23(19)26;1-2/h3-14,32H,2,15H2,1H3,(H2,26,27);1-2H3. The molecule has 0 fully saturated rings. The zero-order valence-corrected chi connectivity index (χ0v) is 19.6. The lowest BCUT2D eigenvalue weighted by Gasteiger charge is -2.11. The topological polar surface area (TPSA) is 103 Å². The van der Waals surface area contributed by atoms with Gasteiger partial charge in [0.1, 0.15) is 11.3 Å². The zero-order chi connectivity index (χ0) is 24.1. The van der Waals surface area contributed by atoms with Crippen LogP contribution in [0.5, 0.6) is 0 Å². The number of nitrogens with zero attached hydrogens (tertiary/aromatic N) is 5. The maximum absolute atomic E-state index is 9.44. The molecule has 5 aromatic rings. The Kier molecular flexibility index (Phi) is 6.94. The van der Waals surface area contributed by atoms with Crippen molar-refractivity contribution in [1.29, 1.82) is 0 Å². The van der Waals surface area contributed by atoms with Gasteiger partial charge >= 0.3 is 0 Å². The maximum Gasteiger partial charge on any atom is 0.165 e. The summed E-state index contributed by atoms with van der Waals surface area (Å²) in [5.74, 6) is 1.05. The van der Waals surface area contributed by atoms with E-state index in [-0.39, 0.29) is 6.61 Å². The second-order valence-corrected chi connectivity index (χ2v) is 7.48. The summed E-state index contributed by atoms with van der Waals surface area (Å²) in [6.07, 6.45) is 4.48. The van der Waals surface area contributed by atoms with Gasteiger partial charge in [0.05, 0.1) is 23.6 Å². The fourth-order valence-corrected chi connectivity index (χ4v) is 3.67. The number of pyridine rings is 3. The number of fused-ring (bicyclic) bond motifs is 1. The third-order valence-corrected chi connectivity index (χ3v) is 5.46. The first kappa shape index (κ1) is 23.1. The van der Waals surface area contributed by atoms with E-state index >= 15 is 0 Å². The van der Waals surface area contributed by atoms with Crippen LogP contribution >= 0.6 is 0 Å². The van der Waals surface area contributed by atoms with Gasteiger partial charge in [0.15, 0.2) is 11.5 Å². The molecule has 4 heterocycles. The highest BCUT2D eigenvalue weighted by Gasteiger charge is 2.18. The Morgan fingerprint density at radius 3 is 2.24 bits per heavy atom. The fourth-order valence-electron chi connectivity index (χ4n) is 3.67. The van der Waals surface area contributed by atoms with E-state index in [0.29, 0.717) is 17.3 Å². The van der Waals surface area contributed by atoms with Crippen molar-refractivity contribution in [1.82, 2.24) is 24.5 Å². The predicted octanol–water partition coefficient (Wildman–Crippen LogP) is 5.21. The van der Waals surface area contributed by atoms with Crippen molar-refractivity contribution in [3.63, 3.8) is 0 Å². The lowest BCUT2D eigenvalue weighted by Crippen LogP contribution is -2.02. The smallest absolute Gasteiger partial charge is 0.165 e. The molecule has 0 aliphatic carbocycles. The quantitative estimate of drug-likeness (QED) is 0.380. The lowest BCUT2D eigenvalue weighted by molar-refractivity contribution is 0.282. The average molecular weight is 453 g/mol. The molecule has 3 N–H and O–H groups in total. The van der Waals surface area contributed by atoms with Crippen molar-refractivity contribution in [3.05, 3.63) is 84.2 Å². The summed E-state index contributed by atoms with van der Waals surface area (Å²) < 4.78 is 1.97. The van der Waals surface area contributed by atoms with Gasteiger partial charge in [-0.3, -0.25) is 9.55 Å². The number of aliphatic hydroxyl groups is 1. The molecule has 0 unspecified atom stereocenters. The number of imidazole rings is 1. The van der Waals surface area contributed by atoms with Gasteiger partial charge in [-0.2, -0.15) is 0 Å². The molecule has 1 aromatic carbocycles. The number of aliphatic hydroxyl groups excluding tert-OH is 1. The first-order valence-electron chi connectivity index (χ1n) is 11.4. The molecule has 0 aliphatic rings. The van der Waals surface area contributed by atoms with Gasteiger partial charge in [-0.1, -0.05) is 39.0 Å². The van der Waals surface area contributed by atoms with Gasteiger partial charge in [0, 0.05) is 18.1 Å². The molecule has 0 atom stereocenters. The Morgan fingerprint density at radius 1 is 0.853 bits per heavy atom. The van der Waals surface area contributed by atoms with Crippen molar-refractivity contribution >= 4 is 17.0 Å². The Balaban J connectivity index is 0.00000133. The van der Waals surface area contributed by atoms with E-state index in [0.717, 1.165) is 40.1 Å². The average Bonchev–Trinajstić information content (AvgIpc) is 3.28. The molecule has 172 valence electrons. The van der Waals surface area contributed by atoms with Crippen molar-refractivity contribution in [3.8, 4) is 28.5 Å². The third-order valence-electron chi connectivity index (χ3n) is 5.46. The first-order chi connectivity index (χ1) is 16.7.